The summed E-state index contributed by atoms with van der Waals surface area (Å²) in [5.74, 6) is 0.611. The summed E-state index contributed by atoms with van der Waals surface area (Å²) in [6.45, 7) is 4.78. The van der Waals surface area contributed by atoms with E-state index in [4.69, 9.17) is 11.6 Å². The van der Waals surface area contributed by atoms with Crippen molar-refractivity contribution in [3.05, 3.63) is 22.8 Å². The lowest BCUT2D eigenvalue weighted by atomic mass is 10.0. The largest absolute Gasteiger partial charge is 0.369 e. The second-order valence-corrected chi connectivity index (χ2v) is 5.94. The van der Waals surface area contributed by atoms with Gasteiger partial charge >= 0.3 is 0 Å². The molecule has 5 nitrogen and oxygen atoms in total. The van der Waals surface area contributed by atoms with Gasteiger partial charge in [-0.2, -0.15) is 0 Å². The van der Waals surface area contributed by atoms with Crippen LogP contribution in [-0.2, 0) is 0 Å². The third kappa shape index (κ3) is 3.86. The van der Waals surface area contributed by atoms with Crippen molar-refractivity contribution in [1.82, 2.24) is 14.8 Å². The number of halogens is 1. The standard InChI is InChI=1S/C15H23ClN4O/c1-4-17-14-13(16)9-11(10-18-14)15(21)20(3)12-5-7-19(2)8-6-12/h9-10,12H,4-8H2,1-3H3,(H,17,18). The highest BCUT2D eigenvalue weighted by molar-refractivity contribution is 6.33. The quantitative estimate of drug-likeness (QED) is 0.927. The first-order chi connectivity index (χ1) is 10.0. The Morgan fingerprint density at radius 1 is 1.52 bits per heavy atom. The summed E-state index contributed by atoms with van der Waals surface area (Å²) < 4.78 is 0. The molecule has 1 amide bonds. The molecule has 6 heteroatoms. The monoisotopic (exact) mass is 310 g/mol. The maximum atomic E-state index is 12.5. The van der Waals surface area contributed by atoms with E-state index in [9.17, 15) is 4.79 Å². The first-order valence-electron chi connectivity index (χ1n) is 7.38. The minimum absolute atomic E-state index is 0.0120. The van der Waals surface area contributed by atoms with Crippen molar-refractivity contribution >= 4 is 23.3 Å². The maximum Gasteiger partial charge on any atom is 0.255 e. The number of carbonyl (C=O) groups is 1. The van der Waals surface area contributed by atoms with Gasteiger partial charge < -0.3 is 15.1 Å². The summed E-state index contributed by atoms with van der Waals surface area (Å²) in [7, 11) is 3.98. The number of hydrogen-bond acceptors (Lipinski definition) is 4. The van der Waals surface area contributed by atoms with Crippen molar-refractivity contribution in [2.24, 2.45) is 0 Å². The van der Waals surface area contributed by atoms with Crippen LogP contribution in [0.1, 0.15) is 30.1 Å². The van der Waals surface area contributed by atoms with Crippen molar-refractivity contribution in [2.75, 3.05) is 39.0 Å². The molecule has 1 aliphatic rings. The number of anilines is 1. The molecule has 116 valence electrons. The van der Waals surface area contributed by atoms with Gasteiger partial charge in [-0.25, -0.2) is 4.98 Å². The van der Waals surface area contributed by atoms with E-state index < -0.39 is 0 Å². The predicted molar refractivity (Wildman–Crippen MR) is 86.0 cm³/mol. The molecule has 0 atom stereocenters. The van der Waals surface area contributed by atoms with E-state index in [-0.39, 0.29) is 5.91 Å². The molecule has 1 N–H and O–H groups in total. The second kappa shape index (κ2) is 7.09. The fraction of sp³-hybridized carbons (Fsp3) is 0.600. The van der Waals surface area contributed by atoms with Crippen LogP contribution in [0.15, 0.2) is 12.3 Å². The normalized spacial score (nSPS) is 16.8. The summed E-state index contributed by atoms with van der Waals surface area (Å²) in [4.78, 5) is 20.9. The molecule has 0 aliphatic carbocycles. The van der Waals surface area contributed by atoms with Crippen molar-refractivity contribution in [2.45, 2.75) is 25.8 Å². The van der Waals surface area contributed by atoms with Gasteiger partial charge in [0.05, 0.1) is 10.6 Å². The first-order valence-corrected chi connectivity index (χ1v) is 7.75. The molecule has 1 aromatic rings. The van der Waals surface area contributed by atoms with Gasteiger partial charge in [0, 0.05) is 25.8 Å². The Hall–Kier alpha value is -1.33. The lowest BCUT2D eigenvalue weighted by molar-refractivity contribution is 0.0659. The third-order valence-corrected chi connectivity index (χ3v) is 4.28. The topological polar surface area (TPSA) is 48.5 Å². The fourth-order valence-corrected chi connectivity index (χ4v) is 2.84. The van der Waals surface area contributed by atoms with E-state index >= 15 is 0 Å². The van der Waals surface area contributed by atoms with Crippen molar-refractivity contribution in [3.8, 4) is 0 Å². The van der Waals surface area contributed by atoms with Crippen molar-refractivity contribution < 1.29 is 4.79 Å². The Morgan fingerprint density at radius 2 is 2.19 bits per heavy atom. The smallest absolute Gasteiger partial charge is 0.255 e. The average molecular weight is 311 g/mol. The molecular weight excluding hydrogens is 288 g/mol. The minimum atomic E-state index is -0.0120. The number of pyridine rings is 1. The molecule has 0 unspecified atom stereocenters. The van der Waals surface area contributed by atoms with Gasteiger partial charge in [0.1, 0.15) is 5.82 Å². The number of nitrogens with one attached hydrogen (secondary N) is 1. The van der Waals surface area contributed by atoms with Crippen LogP contribution in [0.5, 0.6) is 0 Å². The van der Waals surface area contributed by atoms with E-state index in [0.717, 1.165) is 32.5 Å². The summed E-state index contributed by atoms with van der Waals surface area (Å²) in [5, 5.41) is 3.55. The van der Waals surface area contributed by atoms with E-state index in [1.54, 1.807) is 12.3 Å². The van der Waals surface area contributed by atoms with Crippen LogP contribution < -0.4 is 5.32 Å². The van der Waals surface area contributed by atoms with E-state index in [1.807, 2.05) is 18.9 Å². The Kier molecular flexibility index (Phi) is 5.42. The minimum Gasteiger partial charge on any atom is -0.369 e. The zero-order valence-electron chi connectivity index (χ0n) is 12.9. The number of carbonyl (C=O) groups excluding carboxylic acids is 1. The summed E-state index contributed by atoms with van der Waals surface area (Å²) >= 11 is 6.16. The van der Waals surface area contributed by atoms with Crippen molar-refractivity contribution in [3.63, 3.8) is 0 Å². The van der Waals surface area contributed by atoms with E-state index in [0.29, 0.717) is 22.4 Å². The predicted octanol–water partition coefficient (Wildman–Crippen LogP) is 2.33. The third-order valence-electron chi connectivity index (χ3n) is 3.99. The molecular formula is C15H23ClN4O. The molecule has 0 aromatic carbocycles. The number of likely N-dealkylation sites (tertiary alicyclic amines) is 1. The lowest BCUT2D eigenvalue weighted by Crippen LogP contribution is -2.44. The van der Waals surface area contributed by atoms with Crippen molar-refractivity contribution in [1.29, 1.82) is 0 Å². The summed E-state index contributed by atoms with van der Waals surface area (Å²) in [5.41, 5.74) is 0.545. The Labute approximate surface area is 131 Å². The molecule has 0 spiro atoms. The van der Waals surface area contributed by atoms with Crippen LogP contribution in [-0.4, -0.2) is 60.5 Å². The molecule has 1 aromatic heterocycles. The molecule has 2 rings (SSSR count). The van der Waals surface area contributed by atoms with Gasteiger partial charge in [-0.05, 0) is 46.0 Å². The van der Waals surface area contributed by atoms with Gasteiger partial charge in [-0.15, -0.1) is 0 Å². The molecule has 2 heterocycles. The highest BCUT2D eigenvalue weighted by Crippen LogP contribution is 2.22. The SMILES string of the molecule is CCNc1ncc(C(=O)N(C)C2CCN(C)CC2)cc1Cl. The van der Waals surface area contributed by atoms with Gasteiger partial charge in [0.25, 0.3) is 5.91 Å². The van der Waals surface area contributed by atoms with Gasteiger partial charge in [0.15, 0.2) is 0 Å². The highest BCUT2D eigenvalue weighted by Gasteiger charge is 2.25. The Balaban J connectivity index is 2.07. The number of hydrogen-bond donors (Lipinski definition) is 1. The van der Waals surface area contributed by atoms with Crippen LogP contribution in [0.4, 0.5) is 5.82 Å². The molecule has 21 heavy (non-hydrogen) atoms. The highest BCUT2D eigenvalue weighted by atomic mass is 35.5. The van der Waals surface area contributed by atoms with E-state index in [1.165, 1.54) is 0 Å². The summed E-state index contributed by atoms with van der Waals surface area (Å²) in [6, 6.07) is 1.99. The number of aromatic nitrogens is 1. The first kappa shape index (κ1) is 16.0. The van der Waals surface area contributed by atoms with Gasteiger partial charge in [0.2, 0.25) is 0 Å². The maximum absolute atomic E-state index is 12.5. The molecule has 0 saturated carbocycles. The zero-order valence-corrected chi connectivity index (χ0v) is 13.7. The van der Waals surface area contributed by atoms with Crippen LogP contribution in [0.25, 0.3) is 0 Å². The van der Waals surface area contributed by atoms with Crippen LogP contribution in [0.2, 0.25) is 5.02 Å². The molecule has 0 radical (unpaired) electrons. The lowest BCUT2D eigenvalue weighted by Gasteiger charge is -2.35. The summed E-state index contributed by atoms with van der Waals surface area (Å²) in [6.07, 6.45) is 3.61. The number of piperidine rings is 1. The van der Waals surface area contributed by atoms with E-state index in [2.05, 4.69) is 22.2 Å². The Bertz CT molecular complexity index is 500. The molecule has 1 aliphatic heterocycles. The second-order valence-electron chi connectivity index (χ2n) is 5.54. The molecule has 1 saturated heterocycles. The van der Waals surface area contributed by atoms with Gasteiger partial charge in [-0.1, -0.05) is 11.6 Å². The van der Waals surface area contributed by atoms with Crippen LogP contribution in [0.3, 0.4) is 0 Å². The fourth-order valence-electron chi connectivity index (χ4n) is 2.60. The Morgan fingerprint density at radius 3 is 2.76 bits per heavy atom. The van der Waals surface area contributed by atoms with Gasteiger partial charge in [-0.3, -0.25) is 4.79 Å². The average Bonchev–Trinajstić information content (AvgIpc) is 2.49. The molecule has 1 fully saturated rings. The van der Waals surface area contributed by atoms with Crippen LogP contribution in [0, 0.1) is 0 Å². The number of nitrogens with zero attached hydrogens (tertiary/aromatic N) is 3. The molecule has 0 bridgehead atoms. The van der Waals surface area contributed by atoms with Crippen LogP contribution >= 0.6 is 11.6 Å². The zero-order chi connectivity index (χ0) is 15.4. The number of rotatable bonds is 4. The number of amides is 1.